The lowest BCUT2D eigenvalue weighted by molar-refractivity contribution is -0.192. The molecule has 0 radical (unpaired) electrons. The number of benzene rings is 1. The average Bonchev–Trinajstić information content (AvgIpc) is 3.67. The molecule has 2 aromatic rings. The van der Waals surface area contributed by atoms with E-state index >= 15 is 0 Å². The predicted octanol–water partition coefficient (Wildman–Crippen LogP) is 4.97. The number of halogens is 3. The molecule has 44 heavy (non-hydrogen) atoms. The lowest BCUT2D eigenvalue weighted by Crippen LogP contribution is -2.41. The summed E-state index contributed by atoms with van der Waals surface area (Å²) in [5, 5.41) is 20.5. The first kappa shape index (κ1) is 34.6. The largest absolute Gasteiger partial charge is 0.494 e. The Morgan fingerprint density at radius 1 is 1.20 bits per heavy atom. The number of nitrogens with zero attached hydrogens (tertiary/aromatic N) is 5. The van der Waals surface area contributed by atoms with Crippen molar-refractivity contribution in [2.24, 2.45) is 17.6 Å². The van der Waals surface area contributed by atoms with E-state index in [9.17, 15) is 23.2 Å². The van der Waals surface area contributed by atoms with Crippen LogP contribution in [0, 0.1) is 30.1 Å². The van der Waals surface area contributed by atoms with Gasteiger partial charge in [-0.05, 0) is 74.1 Å². The maximum atomic E-state index is 12.9. The van der Waals surface area contributed by atoms with Gasteiger partial charge in [-0.1, -0.05) is 32.0 Å². The van der Waals surface area contributed by atoms with E-state index in [0.717, 1.165) is 67.9 Å². The van der Waals surface area contributed by atoms with E-state index in [2.05, 4.69) is 41.9 Å². The summed E-state index contributed by atoms with van der Waals surface area (Å²) in [6.07, 6.45) is -0.339. The van der Waals surface area contributed by atoms with Crippen LogP contribution in [0.25, 0.3) is 0 Å². The van der Waals surface area contributed by atoms with Crippen LogP contribution in [0.15, 0.2) is 22.7 Å². The molecule has 2 fully saturated rings. The third-order valence-electron chi connectivity index (χ3n) is 8.17. The Balaban J connectivity index is 0.000000676. The van der Waals surface area contributed by atoms with Gasteiger partial charge in [0.25, 0.3) is 0 Å². The smallest absolute Gasteiger partial charge is 0.490 e. The van der Waals surface area contributed by atoms with Crippen LogP contribution in [0.2, 0.25) is 0 Å². The summed E-state index contributed by atoms with van der Waals surface area (Å²) in [5.41, 5.74) is 8.02. The van der Waals surface area contributed by atoms with Crippen LogP contribution in [0.1, 0.15) is 81.8 Å². The Bertz CT molecular complexity index is 1300. The lowest BCUT2D eigenvalue weighted by Gasteiger charge is -2.33. The summed E-state index contributed by atoms with van der Waals surface area (Å²) in [6.45, 7) is 11.5. The van der Waals surface area contributed by atoms with E-state index in [1.54, 1.807) is 4.90 Å². The number of hydrogen-bond donors (Lipinski definition) is 2. The fourth-order valence-electron chi connectivity index (χ4n) is 5.41. The lowest BCUT2D eigenvalue weighted by atomic mass is 9.84. The Morgan fingerprint density at radius 2 is 1.86 bits per heavy atom. The SMILES string of the molecule is Cc1cc(OCC[C@@H](C)C2CCN(c3nc(C(C)C)no3)CC2)ccc1[C@H](N)C(=O)N1CCC[C@H]1C#N.O=C(O)C(F)(F)F. The van der Waals surface area contributed by atoms with Crippen LogP contribution >= 0.6 is 0 Å². The van der Waals surface area contributed by atoms with Crippen LogP contribution in [0.4, 0.5) is 19.2 Å². The number of aliphatic carboxylic acids is 1. The zero-order valence-electron chi connectivity index (χ0n) is 25.5. The second kappa shape index (κ2) is 15.2. The predicted molar refractivity (Wildman–Crippen MR) is 155 cm³/mol. The number of nitriles is 1. The van der Waals surface area contributed by atoms with Gasteiger partial charge >= 0.3 is 18.2 Å². The Labute approximate surface area is 255 Å². The van der Waals surface area contributed by atoms with Gasteiger partial charge in [0.15, 0.2) is 5.82 Å². The molecule has 2 aliphatic rings. The first-order valence-corrected chi connectivity index (χ1v) is 14.8. The number of aromatic nitrogens is 2. The zero-order chi connectivity index (χ0) is 32.6. The third-order valence-corrected chi connectivity index (χ3v) is 8.17. The molecule has 14 heteroatoms. The van der Waals surface area contributed by atoms with E-state index in [4.69, 9.17) is 24.9 Å². The average molecular weight is 623 g/mol. The van der Waals surface area contributed by atoms with Gasteiger partial charge in [0.2, 0.25) is 5.91 Å². The topological polar surface area (TPSA) is 159 Å². The van der Waals surface area contributed by atoms with Crippen molar-refractivity contribution in [1.29, 1.82) is 5.26 Å². The van der Waals surface area contributed by atoms with Gasteiger partial charge in [-0.15, -0.1) is 0 Å². The minimum Gasteiger partial charge on any atom is -0.494 e. The Morgan fingerprint density at radius 3 is 2.41 bits per heavy atom. The molecule has 0 saturated carbocycles. The minimum absolute atomic E-state index is 0.180. The van der Waals surface area contributed by atoms with Gasteiger partial charge in [-0.2, -0.15) is 23.4 Å². The van der Waals surface area contributed by atoms with E-state index in [1.807, 2.05) is 25.1 Å². The number of aryl methyl sites for hydroxylation is 1. The standard InChI is InChI=1S/C28H40N6O3.C2HF3O2/c1-18(2)26-31-28(37-32-26)33-13-9-21(10-14-33)19(3)11-15-36-23-7-8-24(20(4)16-23)25(30)27(35)34-12-5-6-22(34)17-29;3-2(4,5)1(6)7/h7-8,16,18-19,21-22,25H,5-6,9-15,30H2,1-4H3;(H,6,7)/t19-,22+,25+;/m1./s1. The molecule has 1 aromatic heterocycles. The molecular weight excluding hydrogens is 581 g/mol. The summed E-state index contributed by atoms with van der Waals surface area (Å²) in [7, 11) is 0. The number of carbonyl (C=O) groups is 2. The second-order valence-electron chi connectivity index (χ2n) is 11.6. The van der Waals surface area contributed by atoms with Crippen molar-refractivity contribution < 1.29 is 37.1 Å². The molecule has 0 spiro atoms. The normalized spacial score (nSPS) is 18.8. The molecule has 3 heterocycles. The summed E-state index contributed by atoms with van der Waals surface area (Å²) in [5.74, 6) is 0.0726. The van der Waals surface area contributed by atoms with E-state index < -0.39 is 18.2 Å². The van der Waals surface area contributed by atoms with Crippen molar-refractivity contribution in [3.8, 4) is 11.8 Å². The van der Waals surface area contributed by atoms with Gasteiger partial charge in [0, 0.05) is 25.6 Å². The molecule has 2 saturated heterocycles. The highest BCUT2D eigenvalue weighted by Gasteiger charge is 2.38. The number of alkyl halides is 3. The van der Waals surface area contributed by atoms with Crippen molar-refractivity contribution in [3.05, 3.63) is 35.2 Å². The molecule has 0 unspecified atom stereocenters. The Hall–Kier alpha value is -3.86. The molecule has 2 aliphatic heterocycles. The highest BCUT2D eigenvalue weighted by atomic mass is 19.4. The van der Waals surface area contributed by atoms with Gasteiger partial charge < -0.3 is 29.9 Å². The molecule has 3 atom stereocenters. The number of rotatable bonds is 9. The number of piperidine rings is 1. The molecule has 0 aliphatic carbocycles. The van der Waals surface area contributed by atoms with Crippen LogP contribution < -0.4 is 15.4 Å². The number of anilines is 1. The van der Waals surface area contributed by atoms with Crippen molar-refractivity contribution >= 4 is 17.9 Å². The number of nitrogens with two attached hydrogens (primary N) is 1. The van der Waals surface area contributed by atoms with Crippen molar-refractivity contribution in [2.45, 2.75) is 84.0 Å². The number of likely N-dealkylation sites (tertiary alicyclic amines) is 1. The summed E-state index contributed by atoms with van der Waals surface area (Å²) in [6, 6.07) is 7.44. The molecule has 1 amide bonds. The molecule has 1 aromatic carbocycles. The fourth-order valence-corrected chi connectivity index (χ4v) is 5.41. The van der Waals surface area contributed by atoms with Crippen LogP contribution in [0.3, 0.4) is 0 Å². The van der Waals surface area contributed by atoms with Crippen molar-refractivity contribution in [3.63, 3.8) is 0 Å². The molecule has 11 nitrogen and oxygen atoms in total. The number of hydrogen-bond acceptors (Lipinski definition) is 9. The van der Waals surface area contributed by atoms with Crippen LogP contribution in [-0.4, -0.2) is 70.5 Å². The summed E-state index contributed by atoms with van der Waals surface area (Å²) in [4.78, 5) is 30.1. The summed E-state index contributed by atoms with van der Waals surface area (Å²) < 4.78 is 43.3. The number of carbonyl (C=O) groups excluding carboxylic acids is 1. The minimum atomic E-state index is -5.08. The van der Waals surface area contributed by atoms with Crippen molar-refractivity contribution in [1.82, 2.24) is 15.0 Å². The molecule has 0 bridgehead atoms. The maximum Gasteiger partial charge on any atom is 0.490 e. The highest BCUT2D eigenvalue weighted by Crippen LogP contribution is 2.30. The Kier molecular flexibility index (Phi) is 12.0. The number of carboxylic acid groups (broad SMARTS) is 1. The second-order valence-corrected chi connectivity index (χ2v) is 11.6. The molecule has 3 N–H and O–H groups in total. The first-order chi connectivity index (χ1) is 20.7. The van der Waals surface area contributed by atoms with E-state index in [0.29, 0.717) is 31.0 Å². The first-order valence-electron chi connectivity index (χ1n) is 14.8. The van der Waals surface area contributed by atoms with Gasteiger partial charge in [-0.3, -0.25) is 4.79 Å². The van der Waals surface area contributed by atoms with Crippen LogP contribution in [0.5, 0.6) is 5.75 Å². The quantitative estimate of drug-likeness (QED) is 0.391. The molecular formula is C30H41F3N6O5. The maximum absolute atomic E-state index is 12.9. The van der Waals surface area contributed by atoms with Crippen LogP contribution in [-0.2, 0) is 9.59 Å². The number of amides is 1. The third kappa shape index (κ3) is 9.07. The van der Waals surface area contributed by atoms with E-state index in [1.165, 1.54) is 0 Å². The monoisotopic (exact) mass is 622 g/mol. The fraction of sp³-hybridized carbons (Fsp3) is 0.633. The summed E-state index contributed by atoms with van der Waals surface area (Å²) >= 11 is 0. The molecule has 4 rings (SSSR count). The highest BCUT2D eigenvalue weighted by molar-refractivity contribution is 5.84. The zero-order valence-corrected chi connectivity index (χ0v) is 25.5. The number of ether oxygens (including phenoxy) is 1. The van der Waals surface area contributed by atoms with Gasteiger partial charge in [0.1, 0.15) is 17.8 Å². The van der Waals surface area contributed by atoms with Gasteiger partial charge in [0.05, 0.1) is 12.7 Å². The van der Waals surface area contributed by atoms with E-state index in [-0.39, 0.29) is 17.9 Å². The molecule has 242 valence electrons. The van der Waals surface area contributed by atoms with Crippen molar-refractivity contribution in [2.75, 3.05) is 31.1 Å². The number of carboxylic acids is 1. The van der Waals surface area contributed by atoms with Gasteiger partial charge in [-0.25, -0.2) is 4.79 Å².